The summed E-state index contributed by atoms with van der Waals surface area (Å²) in [4.78, 5) is 25.0. The van der Waals surface area contributed by atoms with E-state index >= 15 is 0 Å². The van der Waals surface area contributed by atoms with Gasteiger partial charge in [0.2, 0.25) is 0 Å². The van der Waals surface area contributed by atoms with Gasteiger partial charge in [0, 0.05) is 41.0 Å². The number of aromatic amines is 1. The zero-order chi connectivity index (χ0) is 27.1. The molecule has 2 aliphatic heterocycles. The molecule has 4 atom stereocenters. The molecular weight excluding hydrogens is 500 g/mol. The molecule has 2 N–H and O–H groups in total. The van der Waals surface area contributed by atoms with E-state index < -0.39 is 0 Å². The fourth-order valence-corrected chi connectivity index (χ4v) is 7.10. The van der Waals surface area contributed by atoms with Gasteiger partial charge in [-0.15, -0.1) is 0 Å². The van der Waals surface area contributed by atoms with Crippen LogP contribution in [0.3, 0.4) is 0 Å². The van der Waals surface area contributed by atoms with Gasteiger partial charge in [-0.05, 0) is 100 Å². The normalized spacial score (nSPS) is 23.9. The zero-order valence-electron chi connectivity index (χ0n) is 22.9. The molecule has 2 bridgehead atoms. The SMILES string of the molecule is CN1[C@@H]2CC[C@H]1C[C@H](Oc1ccc(-c3n[nH]c4ccc(C(=O)NC(c5ncccn5)C5CCCC5)cc34)cc1)C2. The van der Waals surface area contributed by atoms with E-state index in [-0.39, 0.29) is 18.1 Å². The molecule has 8 nitrogen and oxygen atoms in total. The molecule has 2 aromatic heterocycles. The minimum atomic E-state index is -0.192. The lowest BCUT2D eigenvalue weighted by Crippen LogP contribution is -2.43. The largest absolute Gasteiger partial charge is 0.490 e. The van der Waals surface area contributed by atoms with E-state index in [0.717, 1.165) is 53.6 Å². The predicted molar refractivity (Wildman–Crippen MR) is 154 cm³/mol. The predicted octanol–water partition coefficient (Wildman–Crippen LogP) is 5.69. The minimum Gasteiger partial charge on any atom is -0.490 e. The smallest absolute Gasteiger partial charge is 0.251 e. The molecule has 4 aromatic rings. The Kier molecular flexibility index (Phi) is 6.71. The van der Waals surface area contributed by atoms with Gasteiger partial charge < -0.3 is 15.0 Å². The van der Waals surface area contributed by atoms with Gasteiger partial charge in [-0.25, -0.2) is 9.97 Å². The van der Waals surface area contributed by atoms with Crippen LogP contribution in [-0.4, -0.2) is 56.2 Å². The number of H-pyrrole nitrogens is 1. The number of hydrogen-bond donors (Lipinski definition) is 2. The van der Waals surface area contributed by atoms with E-state index in [9.17, 15) is 4.79 Å². The highest BCUT2D eigenvalue weighted by Gasteiger charge is 2.39. The van der Waals surface area contributed by atoms with E-state index in [1.165, 1.54) is 25.7 Å². The van der Waals surface area contributed by atoms with Crippen LogP contribution in [-0.2, 0) is 0 Å². The Morgan fingerprint density at radius 3 is 2.45 bits per heavy atom. The summed E-state index contributed by atoms with van der Waals surface area (Å²) in [5, 5.41) is 11.9. The van der Waals surface area contributed by atoms with Crippen LogP contribution in [0.1, 0.15) is 73.6 Å². The van der Waals surface area contributed by atoms with Gasteiger partial charge in [-0.2, -0.15) is 5.10 Å². The molecule has 40 heavy (non-hydrogen) atoms. The number of piperidine rings is 1. The highest BCUT2D eigenvalue weighted by molar-refractivity contribution is 6.01. The average Bonchev–Trinajstić information content (AvgIpc) is 3.71. The van der Waals surface area contributed by atoms with Crippen LogP contribution < -0.4 is 10.1 Å². The Hall–Kier alpha value is -3.78. The van der Waals surface area contributed by atoms with Gasteiger partial charge in [0.15, 0.2) is 5.82 Å². The molecule has 0 radical (unpaired) electrons. The van der Waals surface area contributed by atoms with Gasteiger partial charge in [0.05, 0.1) is 17.3 Å². The summed E-state index contributed by atoms with van der Waals surface area (Å²) in [6, 6.07) is 16.8. The van der Waals surface area contributed by atoms with Crippen molar-refractivity contribution in [2.75, 3.05) is 7.05 Å². The quantitative estimate of drug-likeness (QED) is 0.315. The number of rotatable bonds is 7. The monoisotopic (exact) mass is 536 g/mol. The Labute approximate surface area is 234 Å². The van der Waals surface area contributed by atoms with Gasteiger partial charge in [-0.1, -0.05) is 12.8 Å². The van der Waals surface area contributed by atoms with Gasteiger partial charge >= 0.3 is 0 Å². The second-order valence-corrected chi connectivity index (χ2v) is 11.7. The van der Waals surface area contributed by atoms with Crippen LogP contribution in [0.4, 0.5) is 0 Å². The van der Waals surface area contributed by atoms with Crippen LogP contribution in [0.5, 0.6) is 5.75 Å². The summed E-state index contributed by atoms with van der Waals surface area (Å²) in [5.41, 5.74) is 3.31. The first-order chi connectivity index (χ1) is 19.6. The van der Waals surface area contributed by atoms with Crippen molar-refractivity contribution in [3.8, 4) is 17.0 Å². The van der Waals surface area contributed by atoms with Crippen molar-refractivity contribution in [3.63, 3.8) is 0 Å². The second-order valence-electron chi connectivity index (χ2n) is 11.7. The number of hydrogen-bond acceptors (Lipinski definition) is 6. The summed E-state index contributed by atoms with van der Waals surface area (Å²) in [7, 11) is 2.25. The van der Waals surface area contributed by atoms with Gasteiger partial charge in [0.1, 0.15) is 11.9 Å². The fourth-order valence-electron chi connectivity index (χ4n) is 7.10. The fraction of sp³-hybridized carbons (Fsp3) is 0.438. The van der Waals surface area contributed by atoms with Crippen molar-refractivity contribution in [1.82, 2.24) is 30.4 Å². The first-order valence-electron chi connectivity index (χ1n) is 14.7. The van der Waals surface area contributed by atoms with Crippen molar-refractivity contribution in [2.24, 2.45) is 5.92 Å². The Bertz CT molecular complexity index is 1470. The van der Waals surface area contributed by atoms with Crippen LogP contribution in [0.15, 0.2) is 60.9 Å². The molecule has 2 saturated heterocycles. The highest BCUT2D eigenvalue weighted by Crippen LogP contribution is 2.37. The lowest BCUT2D eigenvalue weighted by Gasteiger charge is -2.36. The second kappa shape index (κ2) is 10.7. The first kappa shape index (κ1) is 25.2. The molecule has 4 heterocycles. The molecular formula is C32H36N6O2. The molecule has 1 amide bonds. The third kappa shape index (κ3) is 4.85. The lowest BCUT2D eigenvalue weighted by atomic mass is 9.96. The molecule has 2 aromatic carbocycles. The molecule has 3 fully saturated rings. The molecule has 1 unspecified atom stereocenters. The zero-order valence-corrected chi connectivity index (χ0v) is 22.9. The third-order valence-corrected chi connectivity index (χ3v) is 9.33. The van der Waals surface area contributed by atoms with E-state index in [0.29, 0.717) is 29.4 Å². The van der Waals surface area contributed by atoms with E-state index in [4.69, 9.17) is 4.74 Å². The maximum Gasteiger partial charge on any atom is 0.251 e. The number of carbonyl (C=O) groups excluding carboxylic acids is 1. The molecule has 1 saturated carbocycles. The average molecular weight is 537 g/mol. The number of benzene rings is 2. The van der Waals surface area contributed by atoms with E-state index in [1.807, 2.05) is 36.4 Å². The Morgan fingerprint density at radius 2 is 1.73 bits per heavy atom. The van der Waals surface area contributed by atoms with Crippen LogP contribution in [0.25, 0.3) is 22.2 Å². The Morgan fingerprint density at radius 1 is 1.00 bits per heavy atom. The topological polar surface area (TPSA) is 96.0 Å². The summed E-state index contributed by atoms with van der Waals surface area (Å²) < 4.78 is 6.39. The lowest BCUT2D eigenvalue weighted by molar-refractivity contribution is 0.0662. The first-order valence-corrected chi connectivity index (χ1v) is 14.7. The summed E-state index contributed by atoms with van der Waals surface area (Å²) in [6.45, 7) is 0. The van der Waals surface area contributed by atoms with Crippen LogP contribution >= 0.6 is 0 Å². The third-order valence-electron chi connectivity index (χ3n) is 9.33. The van der Waals surface area contributed by atoms with Crippen molar-refractivity contribution in [2.45, 2.75) is 75.6 Å². The molecule has 8 heteroatoms. The standard InChI is InChI=1S/C32H36N6O2/c1-38-23-10-11-24(38)19-26(18-23)40-25-12-7-21(8-13-25)29-27-17-22(9-14-28(27)36-37-29)32(39)35-30(20-5-2-3-6-20)31-33-15-4-16-34-31/h4,7-9,12-17,20,23-24,26,30H,2-3,5-6,10-11,18-19H2,1H3,(H,35,39)(H,36,37)/t23-,24+,26-,30?. The molecule has 0 spiro atoms. The number of ether oxygens (including phenoxy) is 1. The maximum absolute atomic E-state index is 13.5. The maximum atomic E-state index is 13.5. The van der Waals surface area contributed by atoms with Crippen molar-refractivity contribution in [3.05, 3.63) is 72.3 Å². The minimum absolute atomic E-state index is 0.116. The molecule has 1 aliphatic carbocycles. The number of carbonyl (C=O) groups is 1. The van der Waals surface area contributed by atoms with Gasteiger partial charge in [0.25, 0.3) is 5.91 Å². The number of nitrogens with one attached hydrogen (secondary N) is 2. The Balaban J connectivity index is 1.09. The molecule has 7 rings (SSSR count). The number of fused-ring (bicyclic) bond motifs is 3. The van der Waals surface area contributed by atoms with Crippen molar-refractivity contribution >= 4 is 16.8 Å². The van der Waals surface area contributed by atoms with Crippen LogP contribution in [0.2, 0.25) is 0 Å². The van der Waals surface area contributed by atoms with E-state index in [1.54, 1.807) is 12.4 Å². The summed E-state index contributed by atoms with van der Waals surface area (Å²) in [6.07, 6.45) is 13.0. The summed E-state index contributed by atoms with van der Waals surface area (Å²) in [5.74, 6) is 1.82. The van der Waals surface area contributed by atoms with Gasteiger partial charge in [-0.3, -0.25) is 9.89 Å². The molecule has 206 valence electrons. The highest BCUT2D eigenvalue weighted by atomic mass is 16.5. The number of amides is 1. The van der Waals surface area contributed by atoms with E-state index in [2.05, 4.69) is 49.6 Å². The van der Waals surface area contributed by atoms with Crippen molar-refractivity contribution < 1.29 is 9.53 Å². The number of aromatic nitrogens is 4. The van der Waals surface area contributed by atoms with Crippen molar-refractivity contribution in [1.29, 1.82) is 0 Å². The van der Waals surface area contributed by atoms with Crippen LogP contribution in [0, 0.1) is 5.92 Å². The molecule has 3 aliphatic rings. The number of nitrogens with zero attached hydrogens (tertiary/aromatic N) is 4. The summed E-state index contributed by atoms with van der Waals surface area (Å²) >= 11 is 0.